The number of amides is 2. The Labute approximate surface area is 148 Å². The third-order valence-electron chi connectivity index (χ3n) is 3.73. The van der Waals surface area contributed by atoms with E-state index in [-0.39, 0.29) is 5.69 Å². The van der Waals surface area contributed by atoms with Crippen molar-refractivity contribution in [1.82, 2.24) is 19.5 Å². The van der Waals surface area contributed by atoms with Crippen LogP contribution in [0.2, 0.25) is 0 Å². The molecule has 2 amide bonds. The lowest BCUT2D eigenvalue weighted by Gasteiger charge is -2.09. The minimum atomic E-state index is -0.783. The number of aromatic nitrogens is 4. The Bertz CT molecular complexity index is 948. The van der Waals surface area contributed by atoms with Crippen molar-refractivity contribution in [3.63, 3.8) is 0 Å². The minimum Gasteiger partial charge on any atom is -0.308 e. The zero-order chi connectivity index (χ0) is 18.8. The summed E-state index contributed by atoms with van der Waals surface area (Å²) >= 11 is 0. The van der Waals surface area contributed by atoms with Crippen molar-refractivity contribution in [3.05, 3.63) is 59.4 Å². The van der Waals surface area contributed by atoms with Gasteiger partial charge in [-0.05, 0) is 32.9 Å². The Morgan fingerprint density at radius 3 is 2.08 bits per heavy atom. The predicted molar refractivity (Wildman–Crippen MR) is 92.4 cm³/mol. The normalized spacial score (nSPS) is 10.7. The number of carbonyl (C=O) groups excluding carboxylic acids is 1. The molecule has 0 atom stereocenters. The molecule has 1 aromatic carbocycles. The number of imidazole rings is 1. The van der Waals surface area contributed by atoms with Gasteiger partial charge in [0.1, 0.15) is 17.5 Å². The maximum Gasteiger partial charge on any atom is 0.323 e. The molecule has 0 fully saturated rings. The zero-order valence-electron chi connectivity index (χ0n) is 14.3. The molecule has 7 nitrogen and oxygen atoms in total. The molecule has 134 valence electrons. The van der Waals surface area contributed by atoms with Gasteiger partial charge in [-0.2, -0.15) is 0 Å². The van der Waals surface area contributed by atoms with Crippen LogP contribution in [0.1, 0.15) is 17.2 Å². The smallest absolute Gasteiger partial charge is 0.308 e. The number of rotatable bonds is 3. The van der Waals surface area contributed by atoms with Crippen molar-refractivity contribution >= 4 is 17.4 Å². The van der Waals surface area contributed by atoms with E-state index in [1.54, 1.807) is 4.57 Å². The van der Waals surface area contributed by atoms with Crippen LogP contribution in [0.25, 0.3) is 5.95 Å². The highest BCUT2D eigenvalue weighted by Crippen LogP contribution is 2.16. The SMILES string of the molecule is Cc1nc(C)n(-c2ncc(NC(=O)Nc3cc(F)cc(F)c3)cn2)c1C. The number of anilines is 2. The first-order valence-corrected chi connectivity index (χ1v) is 7.72. The van der Waals surface area contributed by atoms with Crippen molar-refractivity contribution in [1.29, 1.82) is 0 Å². The summed E-state index contributed by atoms with van der Waals surface area (Å²) in [7, 11) is 0. The summed E-state index contributed by atoms with van der Waals surface area (Å²) in [6, 6.07) is 2.07. The second kappa shape index (κ2) is 6.87. The fourth-order valence-electron chi connectivity index (χ4n) is 2.49. The van der Waals surface area contributed by atoms with Crippen LogP contribution in [0, 0.1) is 32.4 Å². The molecule has 0 aliphatic carbocycles. The van der Waals surface area contributed by atoms with Gasteiger partial charge in [0.05, 0.1) is 23.8 Å². The molecular formula is C17H16F2N6O. The number of halogens is 2. The molecule has 9 heteroatoms. The van der Waals surface area contributed by atoms with Crippen LogP contribution < -0.4 is 10.6 Å². The second-order valence-corrected chi connectivity index (χ2v) is 5.67. The van der Waals surface area contributed by atoms with Gasteiger partial charge in [-0.1, -0.05) is 0 Å². The van der Waals surface area contributed by atoms with Crippen molar-refractivity contribution < 1.29 is 13.6 Å². The summed E-state index contributed by atoms with van der Waals surface area (Å²) in [4.78, 5) is 24.7. The van der Waals surface area contributed by atoms with Crippen LogP contribution in [-0.2, 0) is 0 Å². The molecule has 2 aromatic heterocycles. The number of nitrogens with one attached hydrogen (secondary N) is 2. The van der Waals surface area contributed by atoms with Gasteiger partial charge >= 0.3 is 6.03 Å². The molecule has 0 bridgehead atoms. The Hall–Kier alpha value is -3.36. The van der Waals surface area contributed by atoms with Crippen molar-refractivity contribution in [2.24, 2.45) is 0 Å². The first kappa shape index (κ1) is 17.5. The number of hydrogen-bond donors (Lipinski definition) is 2. The summed E-state index contributed by atoms with van der Waals surface area (Å²) < 4.78 is 28.1. The third kappa shape index (κ3) is 3.66. The summed E-state index contributed by atoms with van der Waals surface area (Å²) in [6.45, 7) is 5.66. The Kier molecular flexibility index (Phi) is 4.61. The highest BCUT2D eigenvalue weighted by atomic mass is 19.1. The number of nitrogens with zero attached hydrogens (tertiary/aromatic N) is 4. The predicted octanol–water partition coefficient (Wildman–Crippen LogP) is 3.51. The number of carbonyl (C=O) groups is 1. The van der Waals surface area contributed by atoms with Gasteiger partial charge in [0.25, 0.3) is 0 Å². The maximum absolute atomic E-state index is 13.1. The summed E-state index contributed by atoms with van der Waals surface area (Å²) in [5.41, 5.74) is 2.14. The number of aryl methyl sites for hydroxylation is 2. The van der Waals surface area contributed by atoms with Crippen molar-refractivity contribution in [2.45, 2.75) is 20.8 Å². The molecule has 2 N–H and O–H groups in total. The van der Waals surface area contributed by atoms with Gasteiger partial charge in [0.2, 0.25) is 5.95 Å². The molecule has 26 heavy (non-hydrogen) atoms. The third-order valence-corrected chi connectivity index (χ3v) is 3.73. The van der Waals surface area contributed by atoms with E-state index in [4.69, 9.17) is 0 Å². The van der Waals surface area contributed by atoms with E-state index in [0.717, 1.165) is 35.4 Å². The van der Waals surface area contributed by atoms with Crippen molar-refractivity contribution in [2.75, 3.05) is 10.6 Å². The molecule has 3 rings (SSSR count). The van der Waals surface area contributed by atoms with Crippen LogP contribution in [0.4, 0.5) is 25.0 Å². The topological polar surface area (TPSA) is 84.7 Å². The zero-order valence-corrected chi connectivity index (χ0v) is 14.3. The first-order valence-electron chi connectivity index (χ1n) is 7.72. The lowest BCUT2D eigenvalue weighted by atomic mass is 10.3. The monoisotopic (exact) mass is 358 g/mol. The molecule has 0 unspecified atom stereocenters. The Morgan fingerprint density at radius 2 is 1.54 bits per heavy atom. The van der Waals surface area contributed by atoms with E-state index >= 15 is 0 Å². The standard InChI is InChI=1S/C17H16F2N6O/c1-9-10(2)25(11(3)22-9)16-20-7-15(8-21-16)24-17(26)23-14-5-12(18)4-13(19)6-14/h4-8H,1-3H3,(H2,23,24,26). The highest BCUT2D eigenvalue weighted by Gasteiger charge is 2.12. The van der Waals surface area contributed by atoms with Gasteiger partial charge in [0, 0.05) is 17.4 Å². The van der Waals surface area contributed by atoms with Gasteiger partial charge < -0.3 is 10.6 Å². The average Bonchev–Trinajstić information content (AvgIpc) is 2.80. The molecule has 0 aliphatic rings. The molecule has 0 saturated heterocycles. The number of benzene rings is 1. The van der Waals surface area contributed by atoms with Gasteiger partial charge in [0.15, 0.2) is 0 Å². The van der Waals surface area contributed by atoms with Crippen molar-refractivity contribution in [3.8, 4) is 5.95 Å². The van der Waals surface area contributed by atoms with Crippen LogP contribution in [0.15, 0.2) is 30.6 Å². The Balaban J connectivity index is 1.72. The van der Waals surface area contributed by atoms with Crippen LogP contribution in [-0.4, -0.2) is 25.6 Å². The molecular weight excluding hydrogens is 342 g/mol. The fourth-order valence-corrected chi connectivity index (χ4v) is 2.49. The number of hydrogen-bond acceptors (Lipinski definition) is 4. The van der Waals surface area contributed by atoms with Crippen LogP contribution >= 0.6 is 0 Å². The molecule has 2 heterocycles. The lowest BCUT2D eigenvalue weighted by Crippen LogP contribution is -2.20. The average molecular weight is 358 g/mol. The lowest BCUT2D eigenvalue weighted by molar-refractivity contribution is 0.262. The maximum atomic E-state index is 13.1. The van der Waals surface area contributed by atoms with E-state index in [9.17, 15) is 13.6 Å². The molecule has 0 aliphatic heterocycles. The van der Waals surface area contributed by atoms with Gasteiger partial charge in [-0.3, -0.25) is 4.57 Å². The molecule has 3 aromatic rings. The number of urea groups is 1. The molecule has 0 radical (unpaired) electrons. The van der Waals surface area contributed by atoms with Crippen LogP contribution in [0.3, 0.4) is 0 Å². The van der Waals surface area contributed by atoms with E-state index in [2.05, 4.69) is 25.6 Å². The van der Waals surface area contributed by atoms with Gasteiger partial charge in [-0.15, -0.1) is 0 Å². The first-order chi connectivity index (χ1) is 12.3. The summed E-state index contributed by atoms with van der Waals surface area (Å²) in [5.74, 6) is -0.381. The van der Waals surface area contributed by atoms with E-state index < -0.39 is 17.7 Å². The quantitative estimate of drug-likeness (QED) is 0.750. The Morgan fingerprint density at radius 1 is 0.962 bits per heavy atom. The molecule has 0 spiro atoms. The highest BCUT2D eigenvalue weighted by molar-refractivity contribution is 5.99. The van der Waals surface area contributed by atoms with E-state index in [1.165, 1.54) is 12.4 Å². The van der Waals surface area contributed by atoms with Gasteiger partial charge in [-0.25, -0.2) is 28.5 Å². The fraction of sp³-hybridized carbons (Fsp3) is 0.176. The largest absolute Gasteiger partial charge is 0.323 e. The second-order valence-electron chi connectivity index (χ2n) is 5.67. The minimum absolute atomic E-state index is 0.00215. The summed E-state index contributed by atoms with van der Waals surface area (Å²) in [5, 5.41) is 4.84. The molecule has 0 saturated carbocycles. The van der Waals surface area contributed by atoms with Crippen LogP contribution in [0.5, 0.6) is 0 Å². The summed E-state index contributed by atoms with van der Waals surface area (Å²) in [6.07, 6.45) is 2.87. The van der Waals surface area contributed by atoms with E-state index in [0.29, 0.717) is 11.6 Å². The van der Waals surface area contributed by atoms with E-state index in [1.807, 2.05) is 20.8 Å².